The van der Waals surface area contributed by atoms with Crippen LogP contribution in [0.5, 0.6) is 0 Å². The molecule has 0 aromatic carbocycles. The normalized spacial score (nSPS) is 10.8. The number of allylic oxidation sites excluding steroid dienone is 1. The van der Waals surface area contributed by atoms with E-state index in [1.54, 1.807) is 19.3 Å². The molecular weight excluding hydrogens is 148 g/mol. The van der Waals surface area contributed by atoms with Crippen LogP contribution >= 0.6 is 0 Å². The Morgan fingerprint density at radius 1 is 1.42 bits per heavy atom. The van der Waals surface area contributed by atoms with Gasteiger partial charge in [0.1, 0.15) is 5.84 Å². The van der Waals surface area contributed by atoms with Gasteiger partial charge in [0.15, 0.2) is 0 Å². The summed E-state index contributed by atoms with van der Waals surface area (Å²) in [7, 11) is 1.76. The van der Waals surface area contributed by atoms with Gasteiger partial charge in [0.25, 0.3) is 0 Å². The summed E-state index contributed by atoms with van der Waals surface area (Å²) >= 11 is 0. The molecule has 0 aromatic rings. The highest BCUT2D eigenvalue weighted by atomic mass is 14.9. The second kappa shape index (κ2) is 12.7. The highest BCUT2D eigenvalue weighted by molar-refractivity contribution is 5.91. The predicted octanol–water partition coefficient (Wildman–Crippen LogP) is 3.10. The molecule has 0 saturated heterocycles. The molecule has 0 fully saturated rings. The van der Waals surface area contributed by atoms with Gasteiger partial charge in [-0.05, 0) is 6.42 Å². The summed E-state index contributed by atoms with van der Waals surface area (Å²) in [6, 6.07) is 0. The number of rotatable bonds is 3. The van der Waals surface area contributed by atoms with Crippen molar-refractivity contribution in [2.75, 3.05) is 7.05 Å². The number of aliphatic imine (C=N–C) groups is 2. The first kappa shape index (κ1) is 13.7. The molecule has 0 rings (SSSR count). The van der Waals surface area contributed by atoms with E-state index in [4.69, 9.17) is 0 Å². The first-order valence-electron chi connectivity index (χ1n) is 4.45. The summed E-state index contributed by atoms with van der Waals surface area (Å²) in [5, 5.41) is 0. The van der Waals surface area contributed by atoms with E-state index in [9.17, 15) is 0 Å². The van der Waals surface area contributed by atoms with Gasteiger partial charge in [-0.25, -0.2) is 4.99 Å². The van der Waals surface area contributed by atoms with Gasteiger partial charge in [0, 0.05) is 19.7 Å². The summed E-state index contributed by atoms with van der Waals surface area (Å²) in [6.07, 6.45) is 5.35. The maximum atomic E-state index is 4.06. The zero-order valence-corrected chi connectivity index (χ0v) is 8.67. The number of amidine groups is 1. The zero-order chi connectivity index (χ0) is 9.82. The summed E-state index contributed by atoms with van der Waals surface area (Å²) in [4.78, 5) is 8.04. The topological polar surface area (TPSA) is 24.7 Å². The molecule has 0 aromatic heterocycles. The zero-order valence-electron chi connectivity index (χ0n) is 8.67. The van der Waals surface area contributed by atoms with E-state index < -0.39 is 0 Å². The Bertz CT molecular complexity index is 146. The maximum absolute atomic E-state index is 4.06. The van der Waals surface area contributed by atoms with Gasteiger partial charge in [0.2, 0.25) is 0 Å². The summed E-state index contributed by atoms with van der Waals surface area (Å²) < 4.78 is 0. The van der Waals surface area contributed by atoms with Crippen LogP contribution in [0.3, 0.4) is 0 Å². The van der Waals surface area contributed by atoms with Crippen molar-refractivity contribution < 1.29 is 0 Å². The van der Waals surface area contributed by atoms with Crippen LogP contribution in [0, 0.1) is 0 Å². The molecule has 0 spiro atoms. The SMILES string of the molecule is C=CC=NC(CCC)=NC.CC. The van der Waals surface area contributed by atoms with Crippen LogP contribution in [0.25, 0.3) is 0 Å². The third-order valence-corrected chi connectivity index (χ3v) is 1.06. The number of hydrogen-bond acceptors (Lipinski definition) is 1. The molecule has 0 radical (unpaired) electrons. The van der Waals surface area contributed by atoms with E-state index in [0.717, 1.165) is 18.7 Å². The van der Waals surface area contributed by atoms with Crippen molar-refractivity contribution in [2.45, 2.75) is 33.6 Å². The summed E-state index contributed by atoms with van der Waals surface area (Å²) in [5.74, 6) is 0.891. The van der Waals surface area contributed by atoms with E-state index in [0.29, 0.717) is 0 Å². The lowest BCUT2D eigenvalue weighted by Gasteiger charge is -1.92. The lowest BCUT2D eigenvalue weighted by Crippen LogP contribution is -1.92. The number of hydrogen-bond donors (Lipinski definition) is 0. The molecule has 0 aliphatic heterocycles. The molecule has 70 valence electrons. The van der Waals surface area contributed by atoms with E-state index in [2.05, 4.69) is 23.5 Å². The van der Waals surface area contributed by atoms with Crippen molar-refractivity contribution in [1.29, 1.82) is 0 Å². The Kier molecular flexibility index (Phi) is 14.5. The lowest BCUT2D eigenvalue weighted by atomic mass is 10.3. The Morgan fingerprint density at radius 3 is 2.33 bits per heavy atom. The van der Waals surface area contributed by atoms with Crippen LogP contribution in [-0.2, 0) is 0 Å². The van der Waals surface area contributed by atoms with Gasteiger partial charge in [-0.1, -0.05) is 33.4 Å². The van der Waals surface area contributed by atoms with Gasteiger partial charge in [-0.3, -0.25) is 4.99 Å². The van der Waals surface area contributed by atoms with Crippen molar-refractivity contribution in [3.63, 3.8) is 0 Å². The highest BCUT2D eigenvalue weighted by Crippen LogP contribution is 1.91. The molecule has 0 heterocycles. The van der Waals surface area contributed by atoms with Crippen molar-refractivity contribution in [1.82, 2.24) is 0 Å². The Hall–Kier alpha value is -0.920. The van der Waals surface area contributed by atoms with Crippen LogP contribution in [0.4, 0.5) is 0 Å². The molecule has 0 saturated carbocycles. The minimum Gasteiger partial charge on any atom is -0.274 e. The average Bonchev–Trinajstić information content (AvgIpc) is 2.15. The van der Waals surface area contributed by atoms with Crippen LogP contribution in [0.1, 0.15) is 33.6 Å². The Morgan fingerprint density at radius 2 is 2.00 bits per heavy atom. The minimum absolute atomic E-state index is 0.891. The van der Waals surface area contributed by atoms with E-state index in [1.807, 2.05) is 13.8 Å². The van der Waals surface area contributed by atoms with Crippen LogP contribution in [0.2, 0.25) is 0 Å². The van der Waals surface area contributed by atoms with E-state index >= 15 is 0 Å². The van der Waals surface area contributed by atoms with Gasteiger partial charge in [-0.15, -0.1) is 0 Å². The van der Waals surface area contributed by atoms with Gasteiger partial charge in [-0.2, -0.15) is 0 Å². The van der Waals surface area contributed by atoms with Crippen molar-refractivity contribution in [3.05, 3.63) is 12.7 Å². The molecule has 0 N–H and O–H groups in total. The second-order valence-corrected chi connectivity index (χ2v) is 1.90. The lowest BCUT2D eigenvalue weighted by molar-refractivity contribution is 0.980. The van der Waals surface area contributed by atoms with E-state index in [1.165, 1.54) is 0 Å². The smallest absolute Gasteiger partial charge is 0.122 e. The monoisotopic (exact) mass is 168 g/mol. The summed E-state index contributed by atoms with van der Waals surface area (Å²) in [5.41, 5.74) is 0. The van der Waals surface area contributed by atoms with Crippen LogP contribution in [0.15, 0.2) is 22.6 Å². The van der Waals surface area contributed by atoms with E-state index in [-0.39, 0.29) is 0 Å². The fourth-order valence-corrected chi connectivity index (χ4v) is 0.596. The summed E-state index contributed by atoms with van der Waals surface area (Å²) in [6.45, 7) is 9.63. The minimum atomic E-state index is 0.891. The third-order valence-electron chi connectivity index (χ3n) is 1.06. The van der Waals surface area contributed by atoms with Crippen molar-refractivity contribution in [2.24, 2.45) is 9.98 Å². The molecule has 2 heteroatoms. The fraction of sp³-hybridized carbons (Fsp3) is 0.600. The molecule has 2 nitrogen and oxygen atoms in total. The largest absolute Gasteiger partial charge is 0.274 e. The van der Waals surface area contributed by atoms with Gasteiger partial charge >= 0.3 is 0 Å². The highest BCUT2D eigenvalue weighted by Gasteiger charge is 1.88. The quantitative estimate of drug-likeness (QED) is 0.457. The maximum Gasteiger partial charge on any atom is 0.122 e. The fourth-order valence-electron chi connectivity index (χ4n) is 0.596. The molecule has 0 amide bonds. The predicted molar refractivity (Wildman–Crippen MR) is 58.3 cm³/mol. The Labute approximate surface area is 76.1 Å². The molecule has 0 aliphatic rings. The first-order valence-corrected chi connectivity index (χ1v) is 4.45. The second-order valence-electron chi connectivity index (χ2n) is 1.90. The third kappa shape index (κ3) is 9.08. The molecule has 0 unspecified atom stereocenters. The van der Waals surface area contributed by atoms with Crippen LogP contribution in [-0.4, -0.2) is 19.1 Å². The van der Waals surface area contributed by atoms with Crippen LogP contribution < -0.4 is 0 Å². The molecule has 12 heavy (non-hydrogen) atoms. The first-order chi connectivity index (χ1) is 5.85. The van der Waals surface area contributed by atoms with Crippen molar-refractivity contribution in [3.8, 4) is 0 Å². The molecular formula is C10H20N2. The van der Waals surface area contributed by atoms with Gasteiger partial charge in [0.05, 0.1) is 0 Å². The molecule has 0 aliphatic carbocycles. The average molecular weight is 168 g/mol. The van der Waals surface area contributed by atoms with Crippen molar-refractivity contribution >= 4 is 12.1 Å². The van der Waals surface area contributed by atoms with Gasteiger partial charge < -0.3 is 0 Å². The molecule has 0 atom stereocenters. The molecule has 0 bridgehead atoms. The standard InChI is InChI=1S/C8H14N2.C2H6/c1-4-6-8(9-3)10-7-5-2;1-2/h5,7H,2,4,6H2,1,3H3;1-2H3. The number of nitrogens with zero attached hydrogens (tertiary/aromatic N) is 2. The Balaban J connectivity index is 0.